The molecule has 0 spiro atoms. The molecule has 0 bridgehead atoms. The van der Waals surface area contributed by atoms with E-state index in [9.17, 15) is 14.8 Å². The van der Waals surface area contributed by atoms with Crippen LogP contribution in [0.25, 0.3) is 0 Å². The van der Waals surface area contributed by atoms with E-state index in [1.807, 2.05) is 19.1 Å². The number of carbonyl (C=O) groups is 2. The highest BCUT2D eigenvalue weighted by molar-refractivity contribution is 5.94. The molecule has 0 aliphatic heterocycles. The number of amides is 2. The fraction of sp³-hybridized carbons (Fsp3) is 0.440. The Morgan fingerprint density at radius 2 is 1.69 bits per heavy atom. The average molecular weight is 442 g/mol. The molecule has 0 aliphatic rings. The number of hydrogen-bond acceptors (Lipinski definition) is 5. The van der Waals surface area contributed by atoms with Crippen LogP contribution in [0.4, 0.5) is 11.4 Å². The van der Waals surface area contributed by atoms with Crippen LogP contribution in [0.5, 0.6) is 5.75 Å². The summed E-state index contributed by atoms with van der Waals surface area (Å²) in [7, 11) is 0. The molecule has 3 N–H and O–H groups in total. The highest BCUT2D eigenvalue weighted by atomic mass is 16.5. The lowest BCUT2D eigenvalue weighted by Crippen LogP contribution is -2.40. The molecule has 0 saturated heterocycles. The molecule has 2 aromatic rings. The number of ether oxygens (including phenoxy) is 1. The van der Waals surface area contributed by atoms with Gasteiger partial charge in [0, 0.05) is 0 Å². The zero-order valence-corrected chi connectivity index (χ0v) is 20.0. The van der Waals surface area contributed by atoms with Gasteiger partial charge in [0.1, 0.15) is 5.75 Å². The van der Waals surface area contributed by atoms with Crippen LogP contribution in [0.3, 0.4) is 0 Å². The first-order valence-corrected chi connectivity index (χ1v) is 10.8. The fourth-order valence-electron chi connectivity index (χ4n) is 3.21. The van der Waals surface area contributed by atoms with Crippen molar-refractivity contribution in [3.63, 3.8) is 0 Å². The summed E-state index contributed by atoms with van der Waals surface area (Å²) >= 11 is 0. The maximum atomic E-state index is 13.0. The Bertz CT molecular complexity index is 928. The first-order valence-electron chi connectivity index (χ1n) is 10.8. The molecule has 2 aromatic carbocycles. The van der Waals surface area contributed by atoms with E-state index in [1.54, 1.807) is 24.3 Å². The number of nitrogens with one attached hydrogen (secondary N) is 2. The van der Waals surface area contributed by atoms with Gasteiger partial charge in [-0.15, -0.1) is 0 Å². The monoisotopic (exact) mass is 441 g/mol. The van der Waals surface area contributed by atoms with Crippen molar-refractivity contribution in [2.75, 3.05) is 10.5 Å². The molecule has 1 atom stereocenters. The summed E-state index contributed by atoms with van der Waals surface area (Å²) in [6.07, 6.45) is 0.0542. The van der Waals surface area contributed by atoms with Crippen molar-refractivity contribution in [2.45, 2.75) is 71.8 Å². The predicted molar refractivity (Wildman–Crippen MR) is 127 cm³/mol. The van der Waals surface area contributed by atoms with Crippen LogP contribution < -0.4 is 20.7 Å². The van der Waals surface area contributed by atoms with Crippen LogP contribution in [0.1, 0.15) is 66.0 Å². The summed E-state index contributed by atoms with van der Waals surface area (Å²) in [5.74, 6) is 0.0811. The van der Waals surface area contributed by atoms with E-state index >= 15 is 0 Å². The van der Waals surface area contributed by atoms with Gasteiger partial charge in [-0.25, -0.2) is 0 Å². The van der Waals surface area contributed by atoms with Crippen LogP contribution in [0, 0.1) is 0 Å². The topological polar surface area (TPSA) is 90.9 Å². The van der Waals surface area contributed by atoms with Crippen molar-refractivity contribution in [1.29, 1.82) is 0 Å². The van der Waals surface area contributed by atoms with Gasteiger partial charge in [0.05, 0.1) is 11.4 Å². The summed E-state index contributed by atoms with van der Waals surface area (Å²) in [5, 5.41) is 11.1. The average Bonchev–Trinajstić information content (AvgIpc) is 2.74. The number of benzene rings is 2. The summed E-state index contributed by atoms with van der Waals surface area (Å²) in [6.45, 7) is 14.6. The Balaban J connectivity index is 2.27. The van der Waals surface area contributed by atoms with E-state index in [1.165, 1.54) is 5.56 Å². The second-order valence-corrected chi connectivity index (χ2v) is 9.81. The molecule has 174 valence electrons. The summed E-state index contributed by atoms with van der Waals surface area (Å²) < 4.78 is 6.16. The van der Waals surface area contributed by atoms with Crippen LogP contribution in [-0.2, 0) is 20.4 Å². The lowest BCUT2D eigenvalue weighted by molar-refractivity contribution is -0.130. The van der Waals surface area contributed by atoms with Crippen molar-refractivity contribution >= 4 is 23.7 Å². The number of hydrogen-bond donors (Lipinski definition) is 3. The molecule has 7 heteroatoms. The Kier molecular flexibility index (Phi) is 7.91. The molecule has 0 saturated carbocycles. The van der Waals surface area contributed by atoms with Gasteiger partial charge < -0.3 is 4.74 Å². The second-order valence-electron chi connectivity index (χ2n) is 9.81. The highest BCUT2D eigenvalue weighted by Crippen LogP contribution is 2.36. The van der Waals surface area contributed by atoms with E-state index in [0.29, 0.717) is 35.0 Å². The van der Waals surface area contributed by atoms with Crippen LogP contribution >= 0.6 is 0 Å². The number of rotatable bonds is 8. The van der Waals surface area contributed by atoms with E-state index in [-0.39, 0.29) is 10.8 Å². The van der Waals surface area contributed by atoms with Gasteiger partial charge in [-0.05, 0) is 58.7 Å². The van der Waals surface area contributed by atoms with Crippen LogP contribution in [0.2, 0.25) is 0 Å². The standard InChI is InChI=1S/C25H35N3O4/c1-8-21(23(30)28(31)19-12-10-18(11-13-19)27-26-16-29)32-22-14-9-17(24(2,3)4)15-20(22)25(5,6)7/h9-16,21,27,31H,8H2,1-7H3,(H,26,29). The number of hydrazine groups is 1. The lowest BCUT2D eigenvalue weighted by Gasteiger charge is -2.29. The Morgan fingerprint density at radius 3 is 2.19 bits per heavy atom. The van der Waals surface area contributed by atoms with Gasteiger partial charge in [-0.2, -0.15) is 5.06 Å². The number of carbonyl (C=O) groups excluding carboxylic acids is 2. The Labute approximate surface area is 190 Å². The highest BCUT2D eigenvalue weighted by Gasteiger charge is 2.29. The molecule has 2 amide bonds. The lowest BCUT2D eigenvalue weighted by atomic mass is 9.80. The number of nitrogens with zero attached hydrogens (tertiary/aromatic N) is 1. The van der Waals surface area contributed by atoms with E-state index in [0.717, 1.165) is 5.56 Å². The van der Waals surface area contributed by atoms with Crippen LogP contribution in [-0.4, -0.2) is 23.6 Å². The van der Waals surface area contributed by atoms with Gasteiger partial charge in [0.25, 0.3) is 5.91 Å². The quantitative estimate of drug-likeness (QED) is 0.307. The van der Waals surface area contributed by atoms with Gasteiger partial charge in [0.2, 0.25) is 6.41 Å². The first kappa shape index (κ1) is 25.2. The second kappa shape index (κ2) is 10.0. The van der Waals surface area contributed by atoms with Crippen molar-refractivity contribution in [1.82, 2.24) is 5.43 Å². The molecule has 0 fully saturated rings. The molecule has 2 rings (SSSR count). The number of anilines is 2. The smallest absolute Gasteiger partial charge is 0.291 e. The SMILES string of the molecule is CCC(Oc1ccc(C(C)(C)C)cc1C(C)(C)C)C(=O)N(O)c1ccc(NNC=O)cc1. The van der Waals surface area contributed by atoms with Crippen molar-refractivity contribution < 1.29 is 19.5 Å². The van der Waals surface area contributed by atoms with Gasteiger partial charge in [-0.1, -0.05) is 60.6 Å². The van der Waals surface area contributed by atoms with E-state index < -0.39 is 12.0 Å². The summed E-state index contributed by atoms with van der Waals surface area (Å²) in [4.78, 5) is 23.4. The van der Waals surface area contributed by atoms with E-state index in [4.69, 9.17) is 4.74 Å². The molecule has 7 nitrogen and oxygen atoms in total. The zero-order valence-electron chi connectivity index (χ0n) is 20.0. The molecule has 1 unspecified atom stereocenters. The van der Waals surface area contributed by atoms with Gasteiger partial charge in [-0.3, -0.25) is 25.6 Å². The largest absolute Gasteiger partial charge is 0.480 e. The minimum absolute atomic E-state index is 0.0112. The molecular weight excluding hydrogens is 406 g/mol. The fourth-order valence-corrected chi connectivity index (χ4v) is 3.21. The van der Waals surface area contributed by atoms with E-state index in [2.05, 4.69) is 58.5 Å². The predicted octanol–water partition coefficient (Wildman–Crippen LogP) is 4.93. The van der Waals surface area contributed by atoms with Crippen molar-refractivity contribution in [3.05, 3.63) is 53.6 Å². The van der Waals surface area contributed by atoms with Gasteiger partial charge in [0.15, 0.2) is 6.10 Å². The first-order chi connectivity index (χ1) is 14.9. The molecular formula is C25H35N3O4. The zero-order chi connectivity index (χ0) is 24.1. The van der Waals surface area contributed by atoms with Crippen LogP contribution in [0.15, 0.2) is 42.5 Å². The molecule has 0 heterocycles. The minimum atomic E-state index is -0.851. The van der Waals surface area contributed by atoms with Gasteiger partial charge >= 0.3 is 0 Å². The third-order valence-electron chi connectivity index (χ3n) is 5.17. The molecule has 32 heavy (non-hydrogen) atoms. The summed E-state index contributed by atoms with van der Waals surface area (Å²) in [6, 6.07) is 12.5. The molecule has 0 radical (unpaired) electrons. The maximum Gasteiger partial charge on any atom is 0.291 e. The maximum absolute atomic E-state index is 13.0. The normalized spacial score (nSPS) is 12.6. The number of hydroxylamine groups is 1. The van der Waals surface area contributed by atoms with Crippen molar-refractivity contribution in [3.8, 4) is 5.75 Å². The van der Waals surface area contributed by atoms with Crippen molar-refractivity contribution in [2.24, 2.45) is 0 Å². The third kappa shape index (κ3) is 6.23. The third-order valence-corrected chi connectivity index (χ3v) is 5.17. The minimum Gasteiger partial charge on any atom is -0.480 e. The molecule has 0 aromatic heterocycles. The Morgan fingerprint density at radius 1 is 1.06 bits per heavy atom. The Hall–Kier alpha value is -3.06. The summed E-state index contributed by atoms with van der Waals surface area (Å²) in [5.41, 5.74) is 7.91. The molecule has 0 aliphatic carbocycles.